The highest BCUT2D eigenvalue weighted by molar-refractivity contribution is 4.84. The average Bonchev–Trinajstić information content (AvgIpc) is 2.12. The summed E-state index contributed by atoms with van der Waals surface area (Å²) < 4.78 is 37.4. The Balaban J connectivity index is 2.62. The predicted octanol–water partition coefficient (Wildman–Crippen LogP) is 2.40. The standard InChI is InChI=1S/C11H21F3N2/c1-8(2)16(7-11(12,13)14)10-4-5-15-9(3)6-10/h8-10,15H,4-7H2,1-3H3. The smallest absolute Gasteiger partial charge is 0.314 e. The Bertz CT molecular complexity index is 216. The molecule has 1 aliphatic rings. The second kappa shape index (κ2) is 5.36. The van der Waals surface area contributed by atoms with E-state index in [0.717, 1.165) is 19.4 Å². The fourth-order valence-corrected chi connectivity index (χ4v) is 2.35. The van der Waals surface area contributed by atoms with Crippen LogP contribution in [0.1, 0.15) is 33.6 Å². The van der Waals surface area contributed by atoms with Gasteiger partial charge in [0.2, 0.25) is 0 Å². The Morgan fingerprint density at radius 1 is 1.38 bits per heavy atom. The van der Waals surface area contributed by atoms with Crippen molar-refractivity contribution in [2.24, 2.45) is 0 Å². The topological polar surface area (TPSA) is 15.3 Å². The third kappa shape index (κ3) is 4.29. The zero-order chi connectivity index (χ0) is 12.3. The highest BCUT2D eigenvalue weighted by Crippen LogP contribution is 2.24. The largest absolute Gasteiger partial charge is 0.401 e. The molecule has 0 aromatic carbocycles. The summed E-state index contributed by atoms with van der Waals surface area (Å²) in [5.74, 6) is 0. The van der Waals surface area contributed by atoms with Crippen LogP contribution in [0.4, 0.5) is 13.2 Å². The lowest BCUT2D eigenvalue weighted by molar-refractivity contribution is -0.156. The number of hydrogen-bond acceptors (Lipinski definition) is 2. The fourth-order valence-electron chi connectivity index (χ4n) is 2.35. The monoisotopic (exact) mass is 238 g/mol. The molecule has 1 fully saturated rings. The molecule has 0 saturated carbocycles. The molecule has 1 heterocycles. The van der Waals surface area contributed by atoms with E-state index >= 15 is 0 Å². The third-order valence-electron chi connectivity index (χ3n) is 3.09. The van der Waals surface area contributed by atoms with Crippen LogP contribution in [0, 0.1) is 0 Å². The maximum absolute atomic E-state index is 12.5. The van der Waals surface area contributed by atoms with Crippen LogP contribution in [-0.4, -0.2) is 42.3 Å². The van der Waals surface area contributed by atoms with Gasteiger partial charge in [-0.3, -0.25) is 4.90 Å². The van der Waals surface area contributed by atoms with Gasteiger partial charge in [0, 0.05) is 18.1 Å². The minimum absolute atomic E-state index is 0.0536. The van der Waals surface area contributed by atoms with Crippen molar-refractivity contribution in [1.82, 2.24) is 10.2 Å². The van der Waals surface area contributed by atoms with Crippen LogP contribution in [0.25, 0.3) is 0 Å². The first-order chi connectivity index (χ1) is 7.29. The first kappa shape index (κ1) is 13.8. The molecule has 0 aliphatic carbocycles. The maximum Gasteiger partial charge on any atom is 0.401 e. The van der Waals surface area contributed by atoms with Gasteiger partial charge in [-0.25, -0.2) is 0 Å². The molecule has 2 atom stereocenters. The normalized spacial score (nSPS) is 27.8. The van der Waals surface area contributed by atoms with E-state index in [1.807, 2.05) is 20.8 Å². The van der Waals surface area contributed by atoms with E-state index in [1.54, 1.807) is 4.90 Å². The molecule has 0 spiro atoms. The second-order valence-electron chi connectivity index (χ2n) is 4.91. The number of rotatable bonds is 3. The summed E-state index contributed by atoms with van der Waals surface area (Å²) in [6.07, 6.45) is -2.49. The summed E-state index contributed by atoms with van der Waals surface area (Å²) in [4.78, 5) is 1.58. The molecule has 1 saturated heterocycles. The lowest BCUT2D eigenvalue weighted by Gasteiger charge is -2.39. The van der Waals surface area contributed by atoms with Gasteiger partial charge in [0.15, 0.2) is 0 Å². The highest BCUT2D eigenvalue weighted by atomic mass is 19.4. The zero-order valence-corrected chi connectivity index (χ0v) is 10.1. The summed E-state index contributed by atoms with van der Waals surface area (Å²) in [7, 11) is 0. The van der Waals surface area contributed by atoms with E-state index < -0.39 is 12.7 Å². The van der Waals surface area contributed by atoms with Gasteiger partial charge in [0.1, 0.15) is 0 Å². The van der Waals surface area contributed by atoms with E-state index in [9.17, 15) is 13.2 Å². The molecule has 96 valence electrons. The van der Waals surface area contributed by atoms with E-state index in [2.05, 4.69) is 5.32 Å². The van der Waals surface area contributed by atoms with Crippen LogP contribution in [0.15, 0.2) is 0 Å². The molecule has 5 heteroatoms. The summed E-state index contributed by atoms with van der Waals surface area (Å²) in [5, 5.41) is 3.26. The van der Waals surface area contributed by atoms with Crippen molar-refractivity contribution in [3.8, 4) is 0 Å². The van der Waals surface area contributed by atoms with Gasteiger partial charge in [0.25, 0.3) is 0 Å². The van der Waals surface area contributed by atoms with Crippen molar-refractivity contribution in [3.05, 3.63) is 0 Å². The van der Waals surface area contributed by atoms with Crippen LogP contribution >= 0.6 is 0 Å². The van der Waals surface area contributed by atoms with E-state index in [-0.39, 0.29) is 12.1 Å². The molecule has 0 bridgehead atoms. The summed E-state index contributed by atoms with van der Waals surface area (Å²) in [5.41, 5.74) is 0. The lowest BCUT2D eigenvalue weighted by Crippen LogP contribution is -2.51. The van der Waals surface area contributed by atoms with Gasteiger partial charge in [0.05, 0.1) is 6.54 Å². The SMILES string of the molecule is CC1CC(N(CC(F)(F)F)C(C)C)CCN1. The Hall–Kier alpha value is -0.290. The highest BCUT2D eigenvalue weighted by Gasteiger charge is 2.36. The minimum atomic E-state index is -4.10. The summed E-state index contributed by atoms with van der Waals surface area (Å²) >= 11 is 0. The van der Waals surface area contributed by atoms with Gasteiger partial charge in [-0.05, 0) is 40.2 Å². The number of alkyl halides is 3. The van der Waals surface area contributed by atoms with Crippen LogP contribution in [0.3, 0.4) is 0 Å². The Morgan fingerprint density at radius 3 is 2.44 bits per heavy atom. The van der Waals surface area contributed by atoms with Crippen molar-refractivity contribution >= 4 is 0 Å². The zero-order valence-electron chi connectivity index (χ0n) is 10.1. The molecule has 0 aromatic heterocycles. The van der Waals surface area contributed by atoms with Crippen molar-refractivity contribution in [2.75, 3.05) is 13.1 Å². The number of halogens is 3. The van der Waals surface area contributed by atoms with Gasteiger partial charge >= 0.3 is 6.18 Å². The van der Waals surface area contributed by atoms with Crippen LogP contribution < -0.4 is 5.32 Å². The molecule has 1 N–H and O–H groups in total. The third-order valence-corrected chi connectivity index (χ3v) is 3.09. The van der Waals surface area contributed by atoms with Gasteiger partial charge < -0.3 is 5.32 Å². The lowest BCUT2D eigenvalue weighted by atomic mass is 9.98. The van der Waals surface area contributed by atoms with Crippen molar-refractivity contribution in [1.29, 1.82) is 0 Å². The molecule has 1 aliphatic heterocycles. The number of nitrogens with zero attached hydrogens (tertiary/aromatic N) is 1. The molecule has 2 nitrogen and oxygen atoms in total. The van der Waals surface area contributed by atoms with Gasteiger partial charge in [-0.15, -0.1) is 0 Å². The van der Waals surface area contributed by atoms with Gasteiger partial charge in [-0.2, -0.15) is 13.2 Å². The second-order valence-corrected chi connectivity index (χ2v) is 4.91. The van der Waals surface area contributed by atoms with Crippen molar-refractivity contribution in [3.63, 3.8) is 0 Å². The van der Waals surface area contributed by atoms with Crippen molar-refractivity contribution < 1.29 is 13.2 Å². The summed E-state index contributed by atoms with van der Waals surface area (Å²) in [6.45, 7) is 5.71. The van der Waals surface area contributed by atoms with E-state index in [0.29, 0.717) is 6.04 Å². The molecular formula is C11H21F3N2. The molecule has 16 heavy (non-hydrogen) atoms. The molecule has 0 radical (unpaired) electrons. The molecule has 0 aromatic rings. The maximum atomic E-state index is 12.5. The molecule has 0 amide bonds. The molecule has 1 rings (SSSR count). The number of hydrogen-bond donors (Lipinski definition) is 1. The van der Waals surface area contributed by atoms with Crippen molar-refractivity contribution in [2.45, 2.75) is 57.9 Å². The Labute approximate surface area is 95.2 Å². The number of nitrogens with one attached hydrogen (secondary N) is 1. The van der Waals surface area contributed by atoms with E-state index in [4.69, 9.17) is 0 Å². The molecular weight excluding hydrogens is 217 g/mol. The summed E-state index contributed by atoms with van der Waals surface area (Å²) in [6, 6.07) is 0.308. The van der Waals surface area contributed by atoms with Crippen LogP contribution in [0.2, 0.25) is 0 Å². The fraction of sp³-hybridized carbons (Fsp3) is 1.00. The number of piperidine rings is 1. The predicted molar refractivity (Wildman–Crippen MR) is 58.4 cm³/mol. The quantitative estimate of drug-likeness (QED) is 0.812. The average molecular weight is 238 g/mol. The van der Waals surface area contributed by atoms with Gasteiger partial charge in [-0.1, -0.05) is 0 Å². The molecule has 2 unspecified atom stereocenters. The minimum Gasteiger partial charge on any atom is -0.314 e. The first-order valence-electron chi connectivity index (χ1n) is 5.85. The van der Waals surface area contributed by atoms with Crippen LogP contribution in [0.5, 0.6) is 0 Å². The Kier molecular flexibility index (Phi) is 4.62. The Morgan fingerprint density at radius 2 is 2.00 bits per heavy atom. The van der Waals surface area contributed by atoms with E-state index in [1.165, 1.54) is 0 Å². The van der Waals surface area contributed by atoms with Crippen LogP contribution in [-0.2, 0) is 0 Å². The first-order valence-corrected chi connectivity index (χ1v) is 5.85.